The first kappa shape index (κ1) is 53.2. The van der Waals surface area contributed by atoms with Crippen LogP contribution in [-0.2, 0) is 42.9 Å². The fraction of sp³-hybridized carbons (Fsp3) is 0.148. The van der Waals surface area contributed by atoms with E-state index in [4.69, 9.17) is 0 Å². The molecule has 0 bridgehead atoms. The summed E-state index contributed by atoms with van der Waals surface area (Å²) in [7, 11) is -8.54. The molecule has 16 heteroatoms. The number of aromatic nitrogens is 2. The highest BCUT2D eigenvalue weighted by Crippen LogP contribution is 2.20. The lowest BCUT2D eigenvalue weighted by Gasteiger charge is -2.07. The number of carbonyl (C=O) groups is 2. The van der Waals surface area contributed by atoms with E-state index in [-0.39, 0.29) is 21.6 Å². The van der Waals surface area contributed by atoms with Gasteiger partial charge in [0.25, 0.3) is 0 Å². The number of anilines is 6. The van der Waals surface area contributed by atoms with E-state index in [2.05, 4.69) is 69.0 Å². The first-order valence-corrected chi connectivity index (χ1v) is 25.1. The first-order valence-electron chi connectivity index (χ1n) is 22.3. The van der Waals surface area contributed by atoms with Crippen molar-refractivity contribution in [2.24, 2.45) is 0 Å². The van der Waals surface area contributed by atoms with Gasteiger partial charge in [-0.3, -0.25) is 9.59 Å². The van der Waals surface area contributed by atoms with Crippen molar-refractivity contribution in [1.82, 2.24) is 0 Å². The van der Waals surface area contributed by atoms with E-state index in [9.17, 15) is 35.5 Å². The van der Waals surface area contributed by atoms with E-state index in [1.807, 2.05) is 111 Å². The average molecular weight is 981 g/mol. The van der Waals surface area contributed by atoms with Gasteiger partial charge in [-0.25, -0.2) is 26.0 Å². The highest BCUT2D eigenvalue weighted by atomic mass is 32.2. The van der Waals surface area contributed by atoms with Crippen molar-refractivity contribution in [1.29, 1.82) is 0 Å². The molecule has 2 amide bonds. The van der Waals surface area contributed by atoms with Crippen molar-refractivity contribution >= 4 is 78.3 Å². The molecule has 0 saturated heterocycles. The lowest BCUT2D eigenvalue weighted by Crippen LogP contribution is -2.31. The highest BCUT2D eigenvalue weighted by Gasteiger charge is 2.05. The van der Waals surface area contributed by atoms with Gasteiger partial charge in [-0.2, -0.15) is 0 Å². The molecule has 0 spiro atoms. The third-order valence-electron chi connectivity index (χ3n) is 10.0. The molecule has 0 aliphatic carbocycles. The normalized spacial score (nSPS) is 11.2. The SMILES string of the molecule is CCC[n+]1ccc(Nc2ccc(NC(=O)/C=C/c3ccc(/C=C/C(=O)Nc4ccc(Nc5cc[n+](CCC)cc5)cc4)cc3)cc2)cc1.Cc1ccc(S(=O)(=O)[O-])cc1.Cc1ccc(S(=O)(=O)[O-])cc1. The van der Waals surface area contributed by atoms with E-state index >= 15 is 0 Å². The number of aryl methyl sites for hydroxylation is 4. The zero-order valence-corrected chi connectivity index (χ0v) is 40.9. The van der Waals surface area contributed by atoms with Crippen LogP contribution in [0.15, 0.2) is 192 Å². The van der Waals surface area contributed by atoms with Crippen molar-refractivity contribution in [2.45, 2.75) is 63.4 Å². The third kappa shape index (κ3) is 18.7. The Bertz CT molecular complexity index is 2840. The van der Waals surface area contributed by atoms with Crippen LogP contribution in [0, 0.1) is 13.8 Å². The maximum absolute atomic E-state index is 12.5. The smallest absolute Gasteiger partial charge is 0.248 e. The monoisotopic (exact) mass is 980 g/mol. The Labute approximate surface area is 410 Å². The fourth-order valence-electron chi connectivity index (χ4n) is 6.34. The second-order valence-corrected chi connectivity index (χ2v) is 18.7. The van der Waals surface area contributed by atoms with Gasteiger partial charge in [0.2, 0.25) is 11.8 Å². The second-order valence-electron chi connectivity index (χ2n) is 15.9. The predicted molar refractivity (Wildman–Crippen MR) is 273 cm³/mol. The summed E-state index contributed by atoms with van der Waals surface area (Å²) in [5.41, 5.74) is 8.91. The number of hydrogen-bond donors (Lipinski definition) is 4. The largest absolute Gasteiger partial charge is 0.744 e. The Hall–Kier alpha value is -7.76. The van der Waals surface area contributed by atoms with Crippen molar-refractivity contribution in [3.63, 3.8) is 0 Å². The van der Waals surface area contributed by atoms with Crippen LogP contribution in [0.2, 0.25) is 0 Å². The zero-order valence-electron chi connectivity index (χ0n) is 39.3. The summed E-state index contributed by atoms with van der Waals surface area (Å²) in [6.45, 7) is 9.95. The minimum atomic E-state index is -4.27. The molecule has 5 aromatic carbocycles. The van der Waals surface area contributed by atoms with Crippen LogP contribution in [0.3, 0.4) is 0 Å². The highest BCUT2D eigenvalue weighted by molar-refractivity contribution is 7.86. The number of hydrogen-bond acceptors (Lipinski definition) is 10. The van der Waals surface area contributed by atoms with Crippen LogP contribution < -0.4 is 30.4 Å². The minimum absolute atomic E-state index is 0.178. The van der Waals surface area contributed by atoms with Crippen molar-refractivity contribution in [3.05, 3.63) is 205 Å². The third-order valence-corrected chi connectivity index (χ3v) is 11.7. The van der Waals surface area contributed by atoms with Gasteiger partial charge in [0.15, 0.2) is 24.8 Å². The Kier molecular flexibility index (Phi) is 19.9. The van der Waals surface area contributed by atoms with Crippen molar-refractivity contribution in [2.75, 3.05) is 21.3 Å². The van der Waals surface area contributed by atoms with Crippen LogP contribution >= 0.6 is 0 Å². The van der Waals surface area contributed by atoms with E-state index in [0.29, 0.717) is 11.4 Å². The molecule has 4 N–H and O–H groups in total. The summed E-state index contributed by atoms with van der Waals surface area (Å²) in [5, 5.41) is 12.5. The molecule has 0 aliphatic rings. The maximum atomic E-state index is 12.5. The number of rotatable bonds is 16. The van der Waals surface area contributed by atoms with Crippen LogP contribution in [0.25, 0.3) is 12.2 Å². The summed E-state index contributed by atoms with van der Waals surface area (Å²) in [6.07, 6.45) is 16.9. The van der Waals surface area contributed by atoms with E-state index in [1.165, 1.54) is 36.4 Å². The predicted octanol–water partition coefficient (Wildman–Crippen LogP) is 9.67. The standard InChI is InChI=1S/C40H40N6O2.2C7H8O3S/c1-3-25-45-27-21-37(22-28-45)41-33-11-15-35(16-12-33)43-39(47)19-9-31-5-7-32(8-6-31)10-20-40(48)44-36-17-13-34(14-18-36)42-38-23-29-46(26-4-2)30-24-38;2*1-6-2-4-7(5-3-6)11(8,9)10/h5-24,27-30H,3-4,25-26H2,1-2H3,(H2,43,44,47,48);2*2-5H,1H3,(H,8,9,10)/b19-9+,20-10+;;. The Morgan fingerprint density at radius 1 is 0.443 bits per heavy atom. The Balaban J connectivity index is 0.000000338. The number of amides is 2. The number of nitrogens with zero attached hydrogens (tertiary/aromatic N) is 2. The van der Waals surface area contributed by atoms with Gasteiger partial charge < -0.3 is 30.4 Å². The van der Waals surface area contributed by atoms with Crippen LogP contribution in [0.5, 0.6) is 0 Å². The van der Waals surface area contributed by atoms with Gasteiger partial charge in [-0.05, 0) is 110 Å². The zero-order chi connectivity index (χ0) is 50.5. The van der Waals surface area contributed by atoms with Crippen molar-refractivity contribution in [3.8, 4) is 0 Å². The molecule has 14 nitrogen and oxygen atoms in total. The molecule has 70 heavy (non-hydrogen) atoms. The summed E-state index contributed by atoms with van der Waals surface area (Å²) in [6, 6.07) is 42.5. The molecule has 0 fully saturated rings. The van der Waals surface area contributed by atoms with E-state index < -0.39 is 20.2 Å². The average Bonchev–Trinajstić information content (AvgIpc) is 3.33. The minimum Gasteiger partial charge on any atom is -0.744 e. The number of carbonyl (C=O) groups excluding carboxylic acids is 2. The molecular weight excluding hydrogens is 925 g/mol. The summed E-state index contributed by atoms with van der Waals surface area (Å²) in [4.78, 5) is 24.6. The lowest BCUT2D eigenvalue weighted by atomic mass is 10.1. The fourth-order valence-corrected chi connectivity index (χ4v) is 7.28. The number of pyridine rings is 2. The maximum Gasteiger partial charge on any atom is 0.248 e. The Morgan fingerprint density at radius 2 is 0.729 bits per heavy atom. The molecule has 0 radical (unpaired) electrons. The molecular formula is C54H56N6O8S2. The van der Waals surface area contributed by atoms with Crippen LogP contribution in [0.1, 0.15) is 48.9 Å². The van der Waals surface area contributed by atoms with Gasteiger partial charge >= 0.3 is 0 Å². The van der Waals surface area contributed by atoms with E-state index in [0.717, 1.165) is 70.9 Å². The lowest BCUT2D eigenvalue weighted by molar-refractivity contribution is -0.697. The Morgan fingerprint density at radius 3 is 1.01 bits per heavy atom. The first-order chi connectivity index (χ1) is 33.4. The summed E-state index contributed by atoms with van der Waals surface area (Å²) >= 11 is 0. The van der Waals surface area contributed by atoms with Gasteiger partial charge in [0.1, 0.15) is 33.3 Å². The molecule has 0 aliphatic heterocycles. The molecule has 0 atom stereocenters. The van der Waals surface area contributed by atoms with Crippen LogP contribution in [0.4, 0.5) is 34.1 Å². The molecule has 0 saturated carbocycles. The van der Waals surface area contributed by atoms with Gasteiger partial charge in [0, 0.05) is 72.0 Å². The van der Waals surface area contributed by atoms with Gasteiger partial charge in [-0.15, -0.1) is 0 Å². The molecule has 362 valence electrons. The summed E-state index contributed by atoms with van der Waals surface area (Å²) in [5.74, 6) is -0.437. The van der Waals surface area contributed by atoms with Gasteiger partial charge in [0.05, 0.1) is 21.2 Å². The second kappa shape index (κ2) is 26.1. The molecule has 7 rings (SSSR count). The number of nitrogens with one attached hydrogen (secondary N) is 4. The topological polar surface area (TPSA) is 204 Å². The van der Waals surface area contributed by atoms with Crippen molar-refractivity contribution < 1.29 is 44.7 Å². The quantitative estimate of drug-likeness (QED) is 0.0410. The van der Waals surface area contributed by atoms with E-state index in [1.54, 1.807) is 36.4 Å². The summed E-state index contributed by atoms with van der Waals surface area (Å²) < 4.78 is 66.6. The molecule has 2 aromatic heterocycles. The van der Waals surface area contributed by atoms with Gasteiger partial charge in [-0.1, -0.05) is 73.5 Å². The molecule has 7 aromatic rings. The molecule has 2 heterocycles. The molecule has 0 unspecified atom stereocenters. The van der Waals surface area contributed by atoms with Crippen LogP contribution in [-0.4, -0.2) is 37.8 Å². The number of benzene rings is 5.